The first-order chi connectivity index (χ1) is 5.04. The lowest BCUT2D eigenvalue weighted by Gasteiger charge is -2.38. The zero-order valence-corrected chi connectivity index (χ0v) is 7.51. The van der Waals surface area contributed by atoms with Crippen molar-refractivity contribution in [1.82, 2.24) is 0 Å². The molecule has 1 aliphatic carbocycles. The van der Waals surface area contributed by atoms with E-state index in [1.165, 1.54) is 0 Å². The summed E-state index contributed by atoms with van der Waals surface area (Å²) in [5.41, 5.74) is 5.31. The van der Waals surface area contributed by atoms with Crippen LogP contribution in [0.5, 0.6) is 0 Å². The lowest BCUT2D eigenvalue weighted by molar-refractivity contribution is -0.0422. The fraction of sp³-hybridized carbons (Fsp3) is 1.00. The van der Waals surface area contributed by atoms with Gasteiger partial charge in [0.25, 0.3) is 0 Å². The van der Waals surface area contributed by atoms with Crippen molar-refractivity contribution in [3.63, 3.8) is 0 Å². The molecule has 0 saturated heterocycles. The molecule has 0 bridgehead atoms. The zero-order chi connectivity index (χ0) is 8.48. The third kappa shape index (κ3) is 1.94. The van der Waals surface area contributed by atoms with Gasteiger partial charge in [0.1, 0.15) is 0 Å². The van der Waals surface area contributed by atoms with E-state index in [0.717, 1.165) is 25.7 Å². The Balaban J connectivity index is 2.55. The highest BCUT2D eigenvalue weighted by molar-refractivity contribution is 4.90. The lowest BCUT2D eigenvalue weighted by Crippen LogP contribution is -2.44. The SMILES string of the molecule is CC(C)C1(O)CCCC(N)C1. The summed E-state index contributed by atoms with van der Waals surface area (Å²) in [5, 5.41) is 10.0. The van der Waals surface area contributed by atoms with Crippen LogP contribution in [-0.4, -0.2) is 16.7 Å². The molecule has 2 heteroatoms. The van der Waals surface area contributed by atoms with Gasteiger partial charge in [-0.2, -0.15) is 0 Å². The Hall–Kier alpha value is -0.0800. The minimum absolute atomic E-state index is 0.219. The minimum Gasteiger partial charge on any atom is -0.390 e. The smallest absolute Gasteiger partial charge is 0.0685 e. The van der Waals surface area contributed by atoms with Crippen LogP contribution in [-0.2, 0) is 0 Å². The van der Waals surface area contributed by atoms with Gasteiger partial charge in [-0.15, -0.1) is 0 Å². The van der Waals surface area contributed by atoms with E-state index in [1.54, 1.807) is 0 Å². The third-order valence-electron chi connectivity index (χ3n) is 2.87. The topological polar surface area (TPSA) is 46.2 Å². The van der Waals surface area contributed by atoms with E-state index in [1.807, 2.05) is 0 Å². The van der Waals surface area contributed by atoms with E-state index >= 15 is 0 Å². The summed E-state index contributed by atoms with van der Waals surface area (Å²) in [6, 6.07) is 0.219. The van der Waals surface area contributed by atoms with Gasteiger partial charge in [-0.3, -0.25) is 0 Å². The monoisotopic (exact) mass is 157 g/mol. The number of nitrogens with two attached hydrogens (primary N) is 1. The maximum Gasteiger partial charge on any atom is 0.0685 e. The average Bonchev–Trinajstić information content (AvgIpc) is 1.86. The molecule has 2 nitrogen and oxygen atoms in total. The molecule has 1 aliphatic rings. The number of hydrogen-bond donors (Lipinski definition) is 2. The van der Waals surface area contributed by atoms with Crippen molar-refractivity contribution in [1.29, 1.82) is 0 Å². The molecule has 1 saturated carbocycles. The highest BCUT2D eigenvalue weighted by Gasteiger charge is 2.35. The Morgan fingerprint density at radius 2 is 2.18 bits per heavy atom. The number of aliphatic hydroxyl groups is 1. The summed E-state index contributed by atoms with van der Waals surface area (Å²) in [4.78, 5) is 0. The molecule has 0 heterocycles. The maximum absolute atomic E-state index is 10.0. The van der Waals surface area contributed by atoms with Gasteiger partial charge in [-0.1, -0.05) is 13.8 Å². The van der Waals surface area contributed by atoms with Gasteiger partial charge in [0, 0.05) is 6.04 Å². The van der Waals surface area contributed by atoms with E-state index in [9.17, 15) is 5.11 Å². The highest BCUT2D eigenvalue weighted by Crippen LogP contribution is 2.33. The molecular formula is C9H19NO. The van der Waals surface area contributed by atoms with Crippen molar-refractivity contribution in [2.75, 3.05) is 0 Å². The van der Waals surface area contributed by atoms with E-state index in [-0.39, 0.29) is 6.04 Å². The van der Waals surface area contributed by atoms with Crippen molar-refractivity contribution >= 4 is 0 Å². The van der Waals surface area contributed by atoms with Gasteiger partial charge in [0.05, 0.1) is 5.60 Å². The standard InChI is InChI=1S/C9H19NO/c1-7(2)9(11)5-3-4-8(10)6-9/h7-8,11H,3-6,10H2,1-2H3. The summed E-state index contributed by atoms with van der Waals surface area (Å²) in [6.45, 7) is 4.14. The van der Waals surface area contributed by atoms with Crippen LogP contribution in [0, 0.1) is 5.92 Å². The van der Waals surface area contributed by atoms with Gasteiger partial charge in [0.2, 0.25) is 0 Å². The van der Waals surface area contributed by atoms with E-state index in [2.05, 4.69) is 13.8 Å². The largest absolute Gasteiger partial charge is 0.390 e. The van der Waals surface area contributed by atoms with Gasteiger partial charge < -0.3 is 10.8 Å². The molecule has 0 aromatic rings. The summed E-state index contributed by atoms with van der Waals surface area (Å²) in [6.07, 6.45) is 3.87. The first kappa shape index (κ1) is 9.01. The second-order valence-corrected chi connectivity index (χ2v) is 4.11. The summed E-state index contributed by atoms with van der Waals surface area (Å²) >= 11 is 0. The molecular weight excluding hydrogens is 138 g/mol. The predicted octanol–water partition coefficient (Wildman–Crippen LogP) is 1.27. The van der Waals surface area contributed by atoms with Crippen LogP contribution >= 0.6 is 0 Å². The minimum atomic E-state index is -0.475. The maximum atomic E-state index is 10.0. The van der Waals surface area contributed by atoms with Crippen LogP contribution in [0.15, 0.2) is 0 Å². The summed E-state index contributed by atoms with van der Waals surface area (Å²) in [7, 11) is 0. The Kier molecular flexibility index (Phi) is 2.55. The highest BCUT2D eigenvalue weighted by atomic mass is 16.3. The summed E-state index contributed by atoms with van der Waals surface area (Å²) in [5.74, 6) is 0.342. The average molecular weight is 157 g/mol. The van der Waals surface area contributed by atoms with Crippen molar-refractivity contribution < 1.29 is 5.11 Å². The molecule has 0 aliphatic heterocycles. The summed E-state index contributed by atoms with van der Waals surface area (Å²) < 4.78 is 0. The molecule has 0 amide bonds. The Bertz CT molecular complexity index is 136. The molecule has 0 aromatic heterocycles. The zero-order valence-electron chi connectivity index (χ0n) is 7.51. The van der Waals surface area contributed by atoms with E-state index in [4.69, 9.17) is 5.73 Å². The number of rotatable bonds is 1. The normalized spacial score (nSPS) is 39.5. The molecule has 0 aromatic carbocycles. The molecule has 1 rings (SSSR count). The molecule has 11 heavy (non-hydrogen) atoms. The first-order valence-corrected chi connectivity index (χ1v) is 4.52. The van der Waals surface area contributed by atoms with Crippen molar-refractivity contribution in [3.05, 3.63) is 0 Å². The van der Waals surface area contributed by atoms with Crippen LogP contribution in [0.4, 0.5) is 0 Å². The van der Waals surface area contributed by atoms with Gasteiger partial charge in [-0.25, -0.2) is 0 Å². The van der Waals surface area contributed by atoms with Crippen molar-refractivity contribution in [2.45, 2.75) is 51.2 Å². The van der Waals surface area contributed by atoms with Crippen LogP contribution in [0.1, 0.15) is 39.5 Å². The van der Waals surface area contributed by atoms with Gasteiger partial charge >= 0.3 is 0 Å². The Labute approximate surface area is 68.8 Å². The van der Waals surface area contributed by atoms with Gasteiger partial charge in [-0.05, 0) is 31.6 Å². The quantitative estimate of drug-likeness (QED) is 0.602. The fourth-order valence-corrected chi connectivity index (χ4v) is 1.85. The Morgan fingerprint density at radius 1 is 1.55 bits per heavy atom. The Morgan fingerprint density at radius 3 is 2.55 bits per heavy atom. The van der Waals surface area contributed by atoms with Crippen LogP contribution in [0.25, 0.3) is 0 Å². The lowest BCUT2D eigenvalue weighted by atomic mass is 9.75. The molecule has 0 spiro atoms. The van der Waals surface area contributed by atoms with E-state index < -0.39 is 5.60 Å². The fourth-order valence-electron chi connectivity index (χ4n) is 1.85. The van der Waals surface area contributed by atoms with Crippen LogP contribution in [0.3, 0.4) is 0 Å². The van der Waals surface area contributed by atoms with Crippen molar-refractivity contribution in [2.24, 2.45) is 11.7 Å². The van der Waals surface area contributed by atoms with E-state index in [0.29, 0.717) is 5.92 Å². The second-order valence-electron chi connectivity index (χ2n) is 4.11. The second kappa shape index (κ2) is 3.11. The molecule has 1 fully saturated rings. The van der Waals surface area contributed by atoms with Gasteiger partial charge in [0.15, 0.2) is 0 Å². The molecule has 3 N–H and O–H groups in total. The third-order valence-corrected chi connectivity index (χ3v) is 2.87. The predicted molar refractivity (Wildman–Crippen MR) is 46.2 cm³/mol. The molecule has 2 unspecified atom stereocenters. The van der Waals surface area contributed by atoms with Crippen LogP contribution < -0.4 is 5.73 Å². The first-order valence-electron chi connectivity index (χ1n) is 4.52. The van der Waals surface area contributed by atoms with Crippen molar-refractivity contribution in [3.8, 4) is 0 Å². The van der Waals surface area contributed by atoms with Crippen LogP contribution in [0.2, 0.25) is 0 Å². The molecule has 2 atom stereocenters. The molecule has 0 radical (unpaired) electrons. The number of hydrogen-bond acceptors (Lipinski definition) is 2. The molecule has 66 valence electrons.